The van der Waals surface area contributed by atoms with Crippen LogP contribution in [0.4, 0.5) is 5.69 Å². The minimum Gasteiger partial charge on any atom is -0.378 e. The molecule has 1 atom stereocenters. The molecule has 0 spiro atoms. The number of hydrogen-bond donors (Lipinski definition) is 1. The second kappa shape index (κ2) is 5.33. The Hall–Kier alpha value is -0.990. The zero-order valence-electron chi connectivity index (χ0n) is 11.2. The first-order valence-electron chi connectivity index (χ1n) is 6.07. The lowest BCUT2D eigenvalue weighted by molar-refractivity contribution is 0.879. The van der Waals surface area contributed by atoms with Crippen LogP contribution < -0.4 is 5.32 Å². The molecule has 96 valence electrons. The summed E-state index contributed by atoms with van der Waals surface area (Å²) in [7, 11) is 0. The number of anilines is 1. The summed E-state index contributed by atoms with van der Waals surface area (Å²) < 4.78 is 0. The molecule has 0 bridgehead atoms. The highest BCUT2D eigenvalue weighted by Crippen LogP contribution is 2.30. The van der Waals surface area contributed by atoms with Crippen LogP contribution in [-0.2, 0) is 0 Å². The molecule has 1 unspecified atom stereocenters. The Balaban J connectivity index is 2.23. The highest BCUT2D eigenvalue weighted by atomic mass is 35.5. The first-order valence-corrected chi connectivity index (χ1v) is 7.26. The number of rotatable bonds is 3. The fourth-order valence-corrected chi connectivity index (χ4v) is 3.34. The van der Waals surface area contributed by atoms with Gasteiger partial charge in [0.25, 0.3) is 0 Å². The molecule has 0 aliphatic carbocycles. The molecule has 1 heterocycles. The van der Waals surface area contributed by atoms with Crippen molar-refractivity contribution >= 4 is 28.6 Å². The Morgan fingerprint density at radius 3 is 2.50 bits per heavy atom. The number of thiophene rings is 1. The van der Waals surface area contributed by atoms with Gasteiger partial charge in [-0.25, -0.2) is 0 Å². The van der Waals surface area contributed by atoms with Gasteiger partial charge < -0.3 is 5.32 Å². The average molecular weight is 280 g/mol. The van der Waals surface area contributed by atoms with Crippen LogP contribution in [0, 0.1) is 20.8 Å². The molecular weight excluding hydrogens is 262 g/mol. The Kier molecular flexibility index (Phi) is 3.98. The predicted octanol–water partition coefficient (Wildman–Crippen LogP) is 5.50. The molecule has 1 N–H and O–H groups in total. The molecule has 0 aliphatic heterocycles. The van der Waals surface area contributed by atoms with E-state index >= 15 is 0 Å². The number of halogens is 1. The minimum atomic E-state index is 0.298. The van der Waals surface area contributed by atoms with Crippen LogP contribution in [0.1, 0.15) is 33.8 Å². The van der Waals surface area contributed by atoms with E-state index in [1.54, 1.807) is 0 Å². The van der Waals surface area contributed by atoms with Crippen LogP contribution in [0.25, 0.3) is 0 Å². The van der Waals surface area contributed by atoms with Crippen LogP contribution >= 0.6 is 22.9 Å². The van der Waals surface area contributed by atoms with E-state index in [0.717, 1.165) is 10.7 Å². The van der Waals surface area contributed by atoms with Crippen LogP contribution in [0.15, 0.2) is 24.3 Å². The second-order valence-electron chi connectivity index (χ2n) is 4.69. The topological polar surface area (TPSA) is 12.0 Å². The molecule has 0 saturated carbocycles. The minimum absolute atomic E-state index is 0.298. The van der Waals surface area contributed by atoms with Crippen molar-refractivity contribution in [1.82, 2.24) is 0 Å². The van der Waals surface area contributed by atoms with Crippen molar-refractivity contribution in [3.05, 3.63) is 50.2 Å². The van der Waals surface area contributed by atoms with Crippen molar-refractivity contribution in [2.24, 2.45) is 0 Å². The fraction of sp³-hybridized carbons (Fsp3) is 0.333. The molecule has 2 aromatic rings. The van der Waals surface area contributed by atoms with E-state index < -0.39 is 0 Å². The SMILES string of the molecule is Cc1cc(C(C)Nc2cc(Cl)ccc2C)c(C)s1. The third kappa shape index (κ3) is 2.88. The summed E-state index contributed by atoms with van der Waals surface area (Å²) in [4.78, 5) is 2.74. The summed E-state index contributed by atoms with van der Waals surface area (Å²) in [6.07, 6.45) is 0. The van der Waals surface area contributed by atoms with E-state index in [4.69, 9.17) is 11.6 Å². The van der Waals surface area contributed by atoms with Crippen molar-refractivity contribution in [3.8, 4) is 0 Å². The smallest absolute Gasteiger partial charge is 0.0496 e. The highest BCUT2D eigenvalue weighted by Gasteiger charge is 2.12. The maximum absolute atomic E-state index is 6.04. The van der Waals surface area contributed by atoms with E-state index in [1.165, 1.54) is 20.9 Å². The van der Waals surface area contributed by atoms with Crippen LogP contribution in [0.5, 0.6) is 0 Å². The van der Waals surface area contributed by atoms with Crippen molar-refractivity contribution in [2.45, 2.75) is 33.7 Å². The van der Waals surface area contributed by atoms with Crippen molar-refractivity contribution in [1.29, 1.82) is 0 Å². The van der Waals surface area contributed by atoms with Crippen molar-refractivity contribution in [2.75, 3.05) is 5.32 Å². The molecule has 1 aromatic carbocycles. The lowest BCUT2D eigenvalue weighted by atomic mass is 10.1. The molecule has 0 radical (unpaired) electrons. The highest BCUT2D eigenvalue weighted by molar-refractivity contribution is 7.12. The maximum Gasteiger partial charge on any atom is 0.0496 e. The zero-order valence-corrected chi connectivity index (χ0v) is 12.7. The summed E-state index contributed by atoms with van der Waals surface area (Å²) in [5, 5.41) is 4.32. The maximum atomic E-state index is 6.04. The Bertz CT molecular complexity index is 560. The van der Waals surface area contributed by atoms with Crippen LogP contribution in [0.2, 0.25) is 5.02 Å². The Labute approximate surface area is 118 Å². The largest absolute Gasteiger partial charge is 0.378 e. The average Bonchev–Trinajstić information content (AvgIpc) is 2.63. The van der Waals surface area contributed by atoms with Crippen molar-refractivity contribution in [3.63, 3.8) is 0 Å². The van der Waals surface area contributed by atoms with Crippen molar-refractivity contribution < 1.29 is 0 Å². The molecule has 1 nitrogen and oxygen atoms in total. The van der Waals surface area contributed by atoms with Gasteiger partial charge in [0.2, 0.25) is 0 Å². The fourth-order valence-electron chi connectivity index (χ4n) is 2.14. The lowest BCUT2D eigenvalue weighted by Crippen LogP contribution is -2.07. The van der Waals surface area contributed by atoms with E-state index in [0.29, 0.717) is 6.04 Å². The molecule has 2 rings (SSSR count). The van der Waals surface area contributed by atoms with Gasteiger partial charge in [-0.15, -0.1) is 11.3 Å². The van der Waals surface area contributed by atoms with Gasteiger partial charge in [-0.1, -0.05) is 17.7 Å². The zero-order chi connectivity index (χ0) is 13.3. The lowest BCUT2D eigenvalue weighted by Gasteiger charge is -2.17. The third-order valence-corrected chi connectivity index (χ3v) is 4.33. The number of hydrogen-bond acceptors (Lipinski definition) is 2. The molecule has 0 saturated heterocycles. The standard InChI is InChI=1S/C15H18ClNS/c1-9-5-6-13(16)8-15(9)17-11(3)14-7-10(2)18-12(14)4/h5-8,11,17H,1-4H3. The van der Waals surface area contributed by atoms with Crippen LogP contribution in [0.3, 0.4) is 0 Å². The first-order chi connectivity index (χ1) is 8.47. The van der Waals surface area contributed by atoms with Gasteiger partial charge in [0.1, 0.15) is 0 Å². The van der Waals surface area contributed by atoms with Gasteiger partial charge >= 0.3 is 0 Å². The number of aryl methyl sites for hydroxylation is 3. The van der Waals surface area contributed by atoms with Gasteiger partial charge in [0.15, 0.2) is 0 Å². The number of nitrogens with one attached hydrogen (secondary N) is 1. The van der Waals surface area contributed by atoms with E-state index in [1.807, 2.05) is 29.5 Å². The quantitative estimate of drug-likeness (QED) is 0.782. The summed E-state index contributed by atoms with van der Waals surface area (Å²) >= 11 is 7.89. The van der Waals surface area contributed by atoms with E-state index in [-0.39, 0.29) is 0 Å². The normalized spacial score (nSPS) is 12.5. The van der Waals surface area contributed by atoms with Gasteiger partial charge in [-0.3, -0.25) is 0 Å². The van der Waals surface area contributed by atoms with E-state index in [2.05, 4.69) is 39.1 Å². The molecule has 0 amide bonds. The molecule has 18 heavy (non-hydrogen) atoms. The summed E-state index contributed by atoms with van der Waals surface area (Å²) in [5.74, 6) is 0. The summed E-state index contributed by atoms with van der Waals surface area (Å²) in [6, 6.07) is 8.52. The van der Waals surface area contributed by atoms with E-state index in [9.17, 15) is 0 Å². The molecule has 3 heteroatoms. The number of benzene rings is 1. The Morgan fingerprint density at radius 2 is 1.89 bits per heavy atom. The van der Waals surface area contributed by atoms with Gasteiger partial charge in [-0.05, 0) is 57.0 Å². The van der Waals surface area contributed by atoms with Gasteiger partial charge in [0, 0.05) is 26.5 Å². The molecule has 0 aliphatic rings. The third-order valence-electron chi connectivity index (χ3n) is 3.12. The Morgan fingerprint density at radius 1 is 1.17 bits per heavy atom. The predicted molar refractivity (Wildman–Crippen MR) is 82.0 cm³/mol. The van der Waals surface area contributed by atoms with Gasteiger partial charge in [0.05, 0.1) is 0 Å². The van der Waals surface area contributed by atoms with Gasteiger partial charge in [-0.2, -0.15) is 0 Å². The molecule has 1 aromatic heterocycles. The van der Waals surface area contributed by atoms with Crippen LogP contribution in [-0.4, -0.2) is 0 Å². The first kappa shape index (κ1) is 13.4. The molecular formula is C15H18ClNS. The summed E-state index contributed by atoms with van der Waals surface area (Å²) in [5.41, 5.74) is 3.70. The summed E-state index contributed by atoms with van der Waals surface area (Å²) in [6.45, 7) is 8.61. The molecule has 0 fully saturated rings. The second-order valence-corrected chi connectivity index (χ2v) is 6.59. The monoisotopic (exact) mass is 279 g/mol.